The second-order valence-electron chi connectivity index (χ2n) is 5.31. The second-order valence-corrected chi connectivity index (χ2v) is 5.31. The van der Waals surface area contributed by atoms with Crippen molar-refractivity contribution in [3.05, 3.63) is 0 Å². The van der Waals surface area contributed by atoms with E-state index in [0.717, 1.165) is 17.9 Å². The predicted molar refractivity (Wildman–Crippen MR) is 60.1 cm³/mol. The van der Waals surface area contributed by atoms with Crippen LogP contribution in [0.25, 0.3) is 0 Å². The molecule has 1 saturated heterocycles. The largest absolute Gasteiger partial charge is 0.328 e. The van der Waals surface area contributed by atoms with Crippen LogP contribution >= 0.6 is 0 Å². The minimum atomic E-state index is 0.397. The first-order valence-electron chi connectivity index (χ1n) is 6.18. The van der Waals surface area contributed by atoms with Crippen molar-refractivity contribution in [1.82, 2.24) is 4.90 Å². The number of nitrogens with zero attached hydrogens (tertiary/aromatic N) is 1. The smallest absolute Gasteiger partial charge is 0.00951 e. The molecule has 0 aromatic heterocycles. The van der Waals surface area contributed by atoms with E-state index in [2.05, 4.69) is 18.7 Å². The normalized spacial score (nSPS) is 30.2. The molecule has 0 spiro atoms. The fraction of sp³-hybridized carbons (Fsp3) is 1.00. The Bertz CT molecular complexity index is 179. The molecular formula is C12H24N2. The molecule has 1 aliphatic carbocycles. The Morgan fingerprint density at radius 1 is 1.00 bits per heavy atom. The molecule has 2 N–H and O–H groups in total. The van der Waals surface area contributed by atoms with E-state index in [1.807, 2.05) is 0 Å². The predicted octanol–water partition coefficient (Wildman–Crippen LogP) is 1.84. The fourth-order valence-corrected chi connectivity index (χ4v) is 2.73. The molecule has 2 atom stereocenters. The van der Waals surface area contributed by atoms with Crippen molar-refractivity contribution in [2.75, 3.05) is 13.1 Å². The van der Waals surface area contributed by atoms with E-state index >= 15 is 0 Å². The molecule has 1 saturated carbocycles. The van der Waals surface area contributed by atoms with Gasteiger partial charge in [-0.05, 0) is 64.5 Å². The maximum Gasteiger partial charge on any atom is 0.00951 e. The van der Waals surface area contributed by atoms with Gasteiger partial charge < -0.3 is 10.6 Å². The second kappa shape index (κ2) is 4.19. The highest BCUT2D eigenvalue weighted by atomic mass is 15.2. The highest BCUT2D eigenvalue weighted by molar-refractivity contribution is 4.88. The minimum Gasteiger partial charge on any atom is -0.328 e. The summed E-state index contributed by atoms with van der Waals surface area (Å²) >= 11 is 0. The van der Waals surface area contributed by atoms with E-state index in [1.54, 1.807) is 0 Å². The van der Waals surface area contributed by atoms with Crippen LogP contribution in [-0.4, -0.2) is 30.1 Å². The van der Waals surface area contributed by atoms with Gasteiger partial charge in [-0.2, -0.15) is 0 Å². The summed E-state index contributed by atoms with van der Waals surface area (Å²) in [4.78, 5) is 2.68. The summed E-state index contributed by atoms with van der Waals surface area (Å²) < 4.78 is 0. The van der Waals surface area contributed by atoms with E-state index in [-0.39, 0.29) is 0 Å². The molecule has 2 fully saturated rings. The molecule has 2 unspecified atom stereocenters. The van der Waals surface area contributed by atoms with Crippen LogP contribution in [0, 0.1) is 11.8 Å². The van der Waals surface area contributed by atoms with Gasteiger partial charge in [-0.15, -0.1) is 0 Å². The molecule has 82 valence electrons. The lowest BCUT2D eigenvalue weighted by molar-refractivity contribution is 0.121. The molecule has 1 aliphatic heterocycles. The van der Waals surface area contributed by atoms with Crippen molar-refractivity contribution in [3.8, 4) is 0 Å². The van der Waals surface area contributed by atoms with Gasteiger partial charge in [0.05, 0.1) is 0 Å². The summed E-state index contributed by atoms with van der Waals surface area (Å²) in [6.45, 7) is 7.13. The van der Waals surface area contributed by atoms with Crippen LogP contribution in [-0.2, 0) is 0 Å². The third kappa shape index (κ3) is 2.29. The summed E-state index contributed by atoms with van der Waals surface area (Å²) in [5.41, 5.74) is 5.94. The van der Waals surface area contributed by atoms with E-state index in [9.17, 15) is 0 Å². The maximum absolute atomic E-state index is 5.94. The van der Waals surface area contributed by atoms with Crippen LogP contribution in [0.4, 0.5) is 0 Å². The first-order valence-corrected chi connectivity index (χ1v) is 6.18. The van der Waals surface area contributed by atoms with E-state index in [1.165, 1.54) is 38.8 Å². The monoisotopic (exact) mass is 196 g/mol. The van der Waals surface area contributed by atoms with Crippen LogP contribution in [0.1, 0.15) is 39.5 Å². The first kappa shape index (κ1) is 10.4. The van der Waals surface area contributed by atoms with Crippen LogP contribution < -0.4 is 5.73 Å². The zero-order valence-electron chi connectivity index (χ0n) is 9.58. The summed E-state index contributed by atoms with van der Waals surface area (Å²) in [6.07, 6.45) is 5.56. The summed E-state index contributed by atoms with van der Waals surface area (Å²) in [5.74, 6) is 1.79. The molecule has 0 bridgehead atoms. The van der Waals surface area contributed by atoms with Crippen molar-refractivity contribution >= 4 is 0 Å². The minimum absolute atomic E-state index is 0.397. The van der Waals surface area contributed by atoms with Crippen molar-refractivity contribution < 1.29 is 0 Å². The molecule has 2 heteroatoms. The number of hydrogen-bond donors (Lipinski definition) is 1. The van der Waals surface area contributed by atoms with Crippen LogP contribution in [0.2, 0.25) is 0 Å². The first-order chi connectivity index (χ1) is 6.68. The zero-order valence-corrected chi connectivity index (χ0v) is 9.58. The molecule has 0 amide bonds. The van der Waals surface area contributed by atoms with Crippen LogP contribution in [0.15, 0.2) is 0 Å². The van der Waals surface area contributed by atoms with E-state index in [0.29, 0.717) is 6.04 Å². The zero-order chi connectivity index (χ0) is 10.1. The average Bonchev–Trinajstić information content (AvgIpc) is 3.00. The number of rotatable bonds is 3. The Kier molecular flexibility index (Phi) is 3.13. The molecule has 0 radical (unpaired) electrons. The van der Waals surface area contributed by atoms with Crippen molar-refractivity contribution in [3.63, 3.8) is 0 Å². The van der Waals surface area contributed by atoms with Gasteiger partial charge >= 0.3 is 0 Å². The van der Waals surface area contributed by atoms with Gasteiger partial charge in [0.1, 0.15) is 0 Å². The number of hydrogen-bond acceptors (Lipinski definition) is 2. The average molecular weight is 196 g/mol. The third-order valence-electron chi connectivity index (χ3n) is 4.20. The lowest BCUT2D eigenvalue weighted by atomic mass is 9.90. The van der Waals surface area contributed by atoms with E-state index < -0.39 is 0 Å². The molecule has 2 rings (SSSR count). The van der Waals surface area contributed by atoms with Crippen LogP contribution in [0.3, 0.4) is 0 Å². The summed E-state index contributed by atoms with van der Waals surface area (Å²) in [6, 6.07) is 1.23. The fourth-order valence-electron chi connectivity index (χ4n) is 2.73. The Morgan fingerprint density at radius 3 is 2.00 bits per heavy atom. The number of likely N-dealkylation sites (tertiary alicyclic amines) is 1. The quantitative estimate of drug-likeness (QED) is 0.746. The molecule has 0 aromatic carbocycles. The van der Waals surface area contributed by atoms with Crippen molar-refractivity contribution in [2.24, 2.45) is 17.6 Å². The SMILES string of the molecule is CC(N)C1CCN(C(C)C2CC2)CC1. The van der Waals surface area contributed by atoms with Gasteiger partial charge in [-0.25, -0.2) is 0 Å². The van der Waals surface area contributed by atoms with Crippen LogP contribution in [0.5, 0.6) is 0 Å². The molecule has 2 aliphatic rings. The Morgan fingerprint density at radius 2 is 1.57 bits per heavy atom. The molecular weight excluding hydrogens is 172 g/mol. The number of nitrogens with two attached hydrogens (primary N) is 1. The highest BCUT2D eigenvalue weighted by Gasteiger charge is 2.33. The topological polar surface area (TPSA) is 29.3 Å². The number of piperidine rings is 1. The Hall–Kier alpha value is -0.0800. The molecule has 2 nitrogen and oxygen atoms in total. The molecule has 1 heterocycles. The highest BCUT2D eigenvalue weighted by Crippen LogP contribution is 2.36. The Balaban J connectivity index is 1.77. The lowest BCUT2D eigenvalue weighted by Gasteiger charge is -2.37. The third-order valence-corrected chi connectivity index (χ3v) is 4.20. The van der Waals surface area contributed by atoms with E-state index in [4.69, 9.17) is 5.73 Å². The molecule has 0 aromatic rings. The lowest BCUT2D eigenvalue weighted by Crippen LogP contribution is -2.44. The van der Waals surface area contributed by atoms with Gasteiger partial charge in [0.15, 0.2) is 0 Å². The summed E-state index contributed by atoms with van der Waals surface area (Å²) in [5, 5.41) is 0. The standard InChI is InChI=1S/C12H24N2/c1-9(13)11-5-7-14(8-6-11)10(2)12-3-4-12/h9-12H,3-8,13H2,1-2H3. The van der Waals surface area contributed by atoms with Gasteiger partial charge in [0, 0.05) is 12.1 Å². The van der Waals surface area contributed by atoms with Gasteiger partial charge in [0.25, 0.3) is 0 Å². The maximum atomic E-state index is 5.94. The Labute approximate surface area is 87.8 Å². The van der Waals surface area contributed by atoms with Gasteiger partial charge in [-0.3, -0.25) is 0 Å². The summed E-state index contributed by atoms with van der Waals surface area (Å²) in [7, 11) is 0. The van der Waals surface area contributed by atoms with Gasteiger partial charge in [0.2, 0.25) is 0 Å². The van der Waals surface area contributed by atoms with Crippen molar-refractivity contribution in [1.29, 1.82) is 0 Å². The van der Waals surface area contributed by atoms with Gasteiger partial charge in [-0.1, -0.05) is 0 Å². The van der Waals surface area contributed by atoms with Crippen molar-refractivity contribution in [2.45, 2.75) is 51.6 Å². The molecule has 14 heavy (non-hydrogen) atoms.